The summed E-state index contributed by atoms with van der Waals surface area (Å²) < 4.78 is 1.70. The number of nitrogens with one attached hydrogen (secondary N) is 1. The molecule has 0 saturated heterocycles. The van der Waals surface area contributed by atoms with Crippen LogP contribution in [0, 0.1) is 22.5 Å². The van der Waals surface area contributed by atoms with Gasteiger partial charge >= 0.3 is 5.69 Å². The molecular formula is C14H24N4O2. The van der Waals surface area contributed by atoms with Crippen molar-refractivity contribution in [2.24, 2.45) is 5.41 Å². The van der Waals surface area contributed by atoms with Gasteiger partial charge in [-0.15, -0.1) is 0 Å². The lowest BCUT2D eigenvalue weighted by Crippen LogP contribution is -2.32. The first-order chi connectivity index (χ1) is 9.34. The van der Waals surface area contributed by atoms with Crippen molar-refractivity contribution in [2.45, 2.75) is 66.0 Å². The van der Waals surface area contributed by atoms with Crippen molar-refractivity contribution >= 4 is 11.5 Å². The van der Waals surface area contributed by atoms with Crippen LogP contribution < -0.4 is 5.32 Å². The third-order valence-corrected chi connectivity index (χ3v) is 4.12. The second-order valence-electron chi connectivity index (χ2n) is 6.46. The molecule has 1 heterocycles. The van der Waals surface area contributed by atoms with Crippen molar-refractivity contribution in [2.75, 3.05) is 5.32 Å². The summed E-state index contributed by atoms with van der Waals surface area (Å²) in [5.41, 5.74) is 0.904. The van der Waals surface area contributed by atoms with Crippen LogP contribution in [-0.2, 0) is 6.54 Å². The average molecular weight is 280 g/mol. The number of nitro groups is 1. The molecule has 1 N–H and O–H groups in total. The maximum Gasteiger partial charge on any atom is 0.333 e. The van der Waals surface area contributed by atoms with Crippen molar-refractivity contribution in [3.05, 3.63) is 15.8 Å². The van der Waals surface area contributed by atoms with E-state index in [2.05, 4.69) is 24.3 Å². The number of hydrogen-bond donors (Lipinski definition) is 1. The van der Waals surface area contributed by atoms with Crippen LogP contribution in [0.15, 0.2) is 0 Å². The third-order valence-electron chi connectivity index (χ3n) is 4.12. The lowest BCUT2D eigenvalue weighted by Gasteiger charge is -2.35. The summed E-state index contributed by atoms with van der Waals surface area (Å²) in [6, 6.07) is 0.291. The largest absolute Gasteiger partial charge is 0.362 e. The Morgan fingerprint density at radius 2 is 2.25 bits per heavy atom. The van der Waals surface area contributed by atoms with E-state index in [1.807, 2.05) is 6.92 Å². The molecule has 6 nitrogen and oxygen atoms in total. The standard InChI is InChI=1S/C14H24N4O2/c1-5-17-13(12(18(19)20)10(2)16-17)15-11-7-6-8-14(3,4)9-11/h11,15H,5-9H2,1-4H3. The summed E-state index contributed by atoms with van der Waals surface area (Å²) in [4.78, 5) is 10.9. The van der Waals surface area contributed by atoms with Gasteiger partial charge in [-0.1, -0.05) is 20.3 Å². The zero-order valence-electron chi connectivity index (χ0n) is 12.8. The molecule has 1 aliphatic rings. The van der Waals surface area contributed by atoms with E-state index >= 15 is 0 Å². The molecule has 1 fully saturated rings. The minimum Gasteiger partial charge on any atom is -0.362 e. The van der Waals surface area contributed by atoms with E-state index in [0.29, 0.717) is 29.5 Å². The number of aromatic nitrogens is 2. The van der Waals surface area contributed by atoms with Crippen LogP contribution in [0.4, 0.5) is 11.5 Å². The molecule has 112 valence electrons. The Bertz CT molecular complexity index is 508. The van der Waals surface area contributed by atoms with E-state index in [4.69, 9.17) is 0 Å². The zero-order chi connectivity index (χ0) is 14.9. The number of anilines is 1. The van der Waals surface area contributed by atoms with E-state index < -0.39 is 0 Å². The Hall–Kier alpha value is -1.59. The van der Waals surface area contributed by atoms with E-state index in [9.17, 15) is 10.1 Å². The lowest BCUT2D eigenvalue weighted by molar-refractivity contribution is -0.384. The molecule has 20 heavy (non-hydrogen) atoms. The van der Waals surface area contributed by atoms with Gasteiger partial charge in [0.1, 0.15) is 5.69 Å². The lowest BCUT2D eigenvalue weighted by atomic mass is 9.75. The van der Waals surface area contributed by atoms with Crippen LogP contribution in [0.5, 0.6) is 0 Å². The van der Waals surface area contributed by atoms with Crippen molar-refractivity contribution in [1.82, 2.24) is 9.78 Å². The quantitative estimate of drug-likeness (QED) is 0.676. The minimum absolute atomic E-state index is 0.121. The number of rotatable bonds is 4. The number of hydrogen-bond acceptors (Lipinski definition) is 4. The van der Waals surface area contributed by atoms with E-state index in [-0.39, 0.29) is 10.6 Å². The Morgan fingerprint density at radius 3 is 2.80 bits per heavy atom. The highest BCUT2D eigenvalue weighted by Crippen LogP contribution is 2.38. The third kappa shape index (κ3) is 2.94. The van der Waals surface area contributed by atoms with Crippen LogP contribution in [-0.4, -0.2) is 20.7 Å². The molecule has 1 unspecified atom stereocenters. The van der Waals surface area contributed by atoms with E-state index in [1.54, 1.807) is 11.6 Å². The van der Waals surface area contributed by atoms with Gasteiger partial charge in [0, 0.05) is 12.6 Å². The Morgan fingerprint density at radius 1 is 1.55 bits per heavy atom. The second-order valence-corrected chi connectivity index (χ2v) is 6.46. The van der Waals surface area contributed by atoms with E-state index in [1.165, 1.54) is 6.42 Å². The SMILES string of the molecule is CCn1nc(C)c([N+](=O)[O-])c1NC1CCCC(C)(C)C1. The first kappa shape index (κ1) is 14.8. The highest BCUT2D eigenvalue weighted by Gasteiger charge is 2.31. The van der Waals surface area contributed by atoms with Gasteiger partial charge in [-0.3, -0.25) is 10.1 Å². The van der Waals surface area contributed by atoms with Crippen LogP contribution >= 0.6 is 0 Å². The van der Waals surface area contributed by atoms with Crippen LogP contribution in [0.25, 0.3) is 0 Å². The van der Waals surface area contributed by atoms with Gasteiger partial charge in [-0.25, -0.2) is 4.68 Å². The molecule has 0 bridgehead atoms. The van der Waals surface area contributed by atoms with Crippen molar-refractivity contribution in [3.63, 3.8) is 0 Å². The smallest absolute Gasteiger partial charge is 0.333 e. The summed E-state index contributed by atoms with van der Waals surface area (Å²) in [7, 11) is 0. The molecule has 1 aromatic heterocycles. The monoisotopic (exact) mass is 280 g/mol. The normalized spacial score (nSPS) is 21.7. The highest BCUT2D eigenvalue weighted by atomic mass is 16.6. The van der Waals surface area contributed by atoms with Gasteiger partial charge in [0.15, 0.2) is 0 Å². The van der Waals surface area contributed by atoms with Crippen molar-refractivity contribution in [3.8, 4) is 0 Å². The van der Waals surface area contributed by atoms with Gasteiger partial charge in [-0.2, -0.15) is 5.10 Å². The van der Waals surface area contributed by atoms with Gasteiger partial charge in [0.2, 0.25) is 5.82 Å². The number of aryl methyl sites for hydroxylation is 2. The Labute approximate surface area is 119 Å². The van der Waals surface area contributed by atoms with Crippen LogP contribution in [0.3, 0.4) is 0 Å². The minimum atomic E-state index is -0.329. The topological polar surface area (TPSA) is 73.0 Å². The number of nitrogens with zero attached hydrogens (tertiary/aromatic N) is 3. The van der Waals surface area contributed by atoms with Gasteiger partial charge < -0.3 is 5.32 Å². The Kier molecular flexibility index (Phi) is 4.01. The molecular weight excluding hydrogens is 256 g/mol. The maximum atomic E-state index is 11.3. The van der Waals surface area contributed by atoms with Crippen LogP contribution in [0.1, 0.15) is 52.1 Å². The summed E-state index contributed by atoms with van der Waals surface area (Å²) in [6.45, 7) is 8.80. The fourth-order valence-corrected chi connectivity index (χ4v) is 3.18. The highest BCUT2D eigenvalue weighted by molar-refractivity contribution is 5.60. The predicted molar refractivity (Wildman–Crippen MR) is 79.0 cm³/mol. The molecule has 0 spiro atoms. The molecule has 0 aliphatic heterocycles. The van der Waals surface area contributed by atoms with E-state index in [0.717, 1.165) is 19.3 Å². The fourth-order valence-electron chi connectivity index (χ4n) is 3.18. The summed E-state index contributed by atoms with van der Waals surface area (Å²) >= 11 is 0. The summed E-state index contributed by atoms with van der Waals surface area (Å²) in [5, 5.41) is 18.9. The van der Waals surface area contributed by atoms with Crippen LogP contribution in [0.2, 0.25) is 0 Å². The first-order valence-corrected chi connectivity index (χ1v) is 7.32. The Balaban J connectivity index is 2.26. The summed E-state index contributed by atoms with van der Waals surface area (Å²) in [5.74, 6) is 0.567. The first-order valence-electron chi connectivity index (χ1n) is 7.32. The molecule has 0 amide bonds. The molecule has 1 aliphatic carbocycles. The second kappa shape index (κ2) is 5.42. The molecule has 1 saturated carbocycles. The molecule has 1 aromatic rings. The van der Waals surface area contributed by atoms with Gasteiger partial charge in [-0.05, 0) is 38.5 Å². The molecule has 0 radical (unpaired) electrons. The predicted octanol–water partition coefficient (Wildman–Crippen LogP) is 3.50. The molecule has 1 atom stereocenters. The summed E-state index contributed by atoms with van der Waals surface area (Å²) in [6.07, 6.45) is 4.49. The molecule has 6 heteroatoms. The van der Waals surface area contributed by atoms with Gasteiger partial charge in [0.05, 0.1) is 4.92 Å². The molecule has 0 aromatic carbocycles. The molecule has 2 rings (SSSR count). The van der Waals surface area contributed by atoms with Crippen molar-refractivity contribution in [1.29, 1.82) is 0 Å². The maximum absolute atomic E-state index is 11.3. The van der Waals surface area contributed by atoms with Gasteiger partial charge in [0.25, 0.3) is 0 Å². The average Bonchev–Trinajstić information content (AvgIpc) is 2.64. The zero-order valence-corrected chi connectivity index (χ0v) is 12.8. The van der Waals surface area contributed by atoms with Crippen molar-refractivity contribution < 1.29 is 4.92 Å². The fraction of sp³-hybridized carbons (Fsp3) is 0.786.